The van der Waals surface area contributed by atoms with E-state index in [1.807, 2.05) is 13.1 Å². The summed E-state index contributed by atoms with van der Waals surface area (Å²) >= 11 is 0. The van der Waals surface area contributed by atoms with Crippen LogP contribution in [0.5, 0.6) is 0 Å². The van der Waals surface area contributed by atoms with Crippen LogP contribution in [0.25, 0.3) is 10.8 Å². The van der Waals surface area contributed by atoms with E-state index in [-0.39, 0.29) is 0 Å². The van der Waals surface area contributed by atoms with Crippen LogP contribution in [0.4, 0.5) is 17.1 Å². The average Bonchev–Trinajstić information content (AvgIpc) is 2.46. The van der Waals surface area contributed by atoms with E-state index in [2.05, 4.69) is 66.4 Å². The SMILES string of the molecule is Cc1ccc(N(C)c2ccc3ccccc3c2)c(N)c1. The molecule has 0 aliphatic rings. The number of nitrogen functional groups attached to an aromatic ring is 1. The van der Waals surface area contributed by atoms with Gasteiger partial charge < -0.3 is 10.6 Å². The molecule has 2 heteroatoms. The van der Waals surface area contributed by atoms with Crippen LogP contribution in [0.3, 0.4) is 0 Å². The third kappa shape index (κ3) is 2.21. The van der Waals surface area contributed by atoms with E-state index < -0.39 is 0 Å². The van der Waals surface area contributed by atoms with Crippen molar-refractivity contribution in [1.82, 2.24) is 0 Å². The summed E-state index contributed by atoms with van der Waals surface area (Å²) in [6, 6.07) is 21.0. The van der Waals surface area contributed by atoms with Crippen LogP contribution < -0.4 is 10.6 Å². The van der Waals surface area contributed by atoms with Crippen molar-refractivity contribution in [3.63, 3.8) is 0 Å². The highest BCUT2D eigenvalue weighted by atomic mass is 15.1. The lowest BCUT2D eigenvalue weighted by atomic mass is 10.1. The fraction of sp³-hybridized carbons (Fsp3) is 0.111. The van der Waals surface area contributed by atoms with Gasteiger partial charge >= 0.3 is 0 Å². The summed E-state index contributed by atoms with van der Waals surface area (Å²) in [6.45, 7) is 2.05. The Labute approximate surface area is 119 Å². The quantitative estimate of drug-likeness (QED) is 0.689. The summed E-state index contributed by atoms with van der Waals surface area (Å²) in [6.07, 6.45) is 0. The molecule has 0 aliphatic heterocycles. The molecule has 3 rings (SSSR count). The molecular weight excluding hydrogens is 244 g/mol. The molecule has 0 amide bonds. The predicted octanol–water partition coefficient (Wildman–Crippen LogP) is 4.50. The molecule has 2 N–H and O–H groups in total. The number of aryl methyl sites for hydroxylation is 1. The largest absolute Gasteiger partial charge is 0.397 e. The number of nitrogens with zero attached hydrogens (tertiary/aromatic N) is 1. The first-order valence-electron chi connectivity index (χ1n) is 6.74. The van der Waals surface area contributed by atoms with E-state index in [0.29, 0.717) is 0 Å². The van der Waals surface area contributed by atoms with E-state index in [0.717, 1.165) is 17.1 Å². The van der Waals surface area contributed by atoms with Crippen LogP contribution in [0, 0.1) is 6.92 Å². The van der Waals surface area contributed by atoms with Gasteiger partial charge in [-0.15, -0.1) is 0 Å². The van der Waals surface area contributed by atoms with Gasteiger partial charge in [-0.1, -0.05) is 36.4 Å². The number of rotatable bonds is 2. The van der Waals surface area contributed by atoms with Crippen LogP contribution in [0.2, 0.25) is 0 Å². The Morgan fingerprint density at radius 2 is 1.60 bits per heavy atom. The summed E-state index contributed by atoms with van der Waals surface area (Å²) in [5, 5.41) is 2.49. The molecule has 0 heterocycles. The Morgan fingerprint density at radius 1 is 0.850 bits per heavy atom. The van der Waals surface area contributed by atoms with Gasteiger partial charge in [0.25, 0.3) is 0 Å². The van der Waals surface area contributed by atoms with Crippen LogP contribution in [-0.2, 0) is 0 Å². The zero-order chi connectivity index (χ0) is 14.1. The van der Waals surface area contributed by atoms with E-state index >= 15 is 0 Å². The van der Waals surface area contributed by atoms with Gasteiger partial charge in [0.1, 0.15) is 0 Å². The van der Waals surface area contributed by atoms with E-state index in [4.69, 9.17) is 5.73 Å². The first kappa shape index (κ1) is 12.5. The highest BCUT2D eigenvalue weighted by Crippen LogP contribution is 2.31. The molecule has 0 spiro atoms. The van der Waals surface area contributed by atoms with Crippen LogP contribution in [0.15, 0.2) is 60.7 Å². The first-order valence-corrected chi connectivity index (χ1v) is 6.74. The van der Waals surface area contributed by atoms with Gasteiger partial charge in [-0.3, -0.25) is 0 Å². The van der Waals surface area contributed by atoms with Gasteiger partial charge in [-0.25, -0.2) is 0 Å². The molecule has 20 heavy (non-hydrogen) atoms. The summed E-state index contributed by atoms with van der Waals surface area (Å²) in [7, 11) is 2.05. The molecule has 0 bridgehead atoms. The Morgan fingerprint density at radius 3 is 2.35 bits per heavy atom. The Balaban J connectivity index is 2.05. The molecule has 2 nitrogen and oxygen atoms in total. The van der Waals surface area contributed by atoms with Gasteiger partial charge in [0.2, 0.25) is 0 Å². The molecule has 0 aromatic heterocycles. The van der Waals surface area contributed by atoms with Crippen LogP contribution in [-0.4, -0.2) is 7.05 Å². The molecule has 0 aliphatic carbocycles. The molecule has 0 saturated carbocycles. The number of nitrogens with two attached hydrogens (primary N) is 1. The van der Waals surface area contributed by atoms with Crippen molar-refractivity contribution in [3.05, 3.63) is 66.2 Å². The number of hydrogen-bond acceptors (Lipinski definition) is 2. The molecule has 100 valence electrons. The fourth-order valence-electron chi connectivity index (χ4n) is 2.50. The van der Waals surface area contributed by atoms with Gasteiger partial charge in [0.05, 0.1) is 11.4 Å². The number of fused-ring (bicyclic) bond motifs is 1. The second-order valence-corrected chi connectivity index (χ2v) is 5.15. The van der Waals surface area contributed by atoms with Gasteiger partial charge in [0, 0.05) is 12.7 Å². The van der Waals surface area contributed by atoms with Crippen molar-refractivity contribution in [2.45, 2.75) is 6.92 Å². The van der Waals surface area contributed by atoms with Crippen molar-refractivity contribution in [3.8, 4) is 0 Å². The number of anilines is 3. The van der Waals surface area contributed by atoms with Crippen molar-refractivity contribution in [1.29, 1.82) is 0 Å². The highest BCUT2D eigenvalue weighted by Gasteiger charge is 2.08. The first-order chi connectivity index (χ1) is 9.65. The predicted molar refractivity (Wildman–Crippen MR) is 87.6 cm³/mol. The molecule has 0 radical (unpaired) electrons. The third-order valence-corrected chi connectivity index (χ3v) is 3.66. The lowest BCUT2D eigenvalue weighted by Crippen LogP contribution is -2.11. The summed E-state index contributed by atoms with van der Waals surface area (Å²) in [5.41, 5.74) is 10.3. The third-order valence-electron chi connectivity index (χ3n) is 3.66. The monoisotopic (exact) mass is 262 g/mol. The fourth-order valence-corrected chi connectivity index (χ4v) is 2.50. The lowest BCUT2D eigenvalue weighted by molar-refractivity contribution is 1.21. The number of hydrogen-bond donors (Lipinski definition) is 1. The zero-order valence-electron chi connectivity index (χ0n) is 11.8. The molecule has 3 aromatic carbocycles. The van der Waals surface area contributed by atoms with Crippen LogP contribution >= 0.6 is 0 Å². The Bertz CT molecular complexity index is 762. The molecule has 0 unspecified atom stereocenters. The topological polar surface area (TPSA) is 29.3 Å². The number of benzene rings is 3. The second-order valence-electron chi connectivity index (χ2n) is 5.15. The maximum Gasteiger partial charge on any atom is 0.0641 e. The second kappa shape index (κ2) is 4.89. The summed E-state index contributed by atoms with van der Waals surface area (Å²) < 4.78 is 0. The molecule has 0 fully saturated rings. The smallest absolute Gasteiger partial charge is 0.0641 e. The van der Waals surface area contributed by atoms with Gasteiger partial charge in [-0.05, 0) is 47.5 Å². The van der Waals surface area contributed by atoms with E-state index in [1.54, 1.807) is 0 Å². The van der Waals surface area contributed by atoms with E-state index in [1.165, 1.54) is 16.3 Å². The standard InChI is InChI=1S/C18H18N2/c1-13-7-10-18(17(19)11-13)20(2)16-9-8-14-5-3-4-6-15(14)12-16/h3-12H,19H2,1-2H3. The van der Waals surface area contributed by atoms with Crippen molar-refractivity contribution < 1.29 is 0 Å². The molecule has 0 atom stereocenters. The average molecular weight is 262 g/mol. The normalized spacial score (nSPS) is 10.7. The van der Waals surface area contributed by atoms with Gasteiger partial charge in [-0.2, -0.15) is 0 Å². The molecule has 3 aromatic rings. The van der Waals surface area contributed by atoms with E-state index in [9.17, 15) is 0 Å². The summed E-state index contributed by atoms with van der Waals surface area (Å²) in [4.78, 5) is 2.13. The molecular formula is C18H18N2. The summed E-state index contributed by atoms with van der Waals surface area (Å²) in [5.74, 6) is 0. The van der Waals surface area contributed by atoms with Crippen molar-refractivity contribution >= 4 is 27.8 Å². The minimum Gasteiger partial charge on any atom is -0.397 e. The highest BCUT2D eigenvalue weighted by molar-refractivity contribution is 5.87. The molecule has 0 saturated heterocycles. The Hall–Kier alpha value is -2.48. The van der Waals surface area contributed by atoms with Gasteiger partial charge in [0.15, 0.2) is 0 Å². The maximum absolute atomic E-state index is 6.13. The maximum atomic E-state index is 6.13. The van der Waals surface area contributed by atoms with Crippen molar-refractivity contribution in [2.24, 2.45) is 0 Å². The minimum atomic E-state index is 0.806. The van der Waals surface area contributed by atoms with Crippen molar-refractivity contribution in [2.75, 3.05) is 17.7 Å². The lowest BCUT2D eigenvalue weighted by Gasteiger charge is -2.22. The minimum absolute atomic E-state index is 0.806. The Kier molecular flexibility index (Phi) is 3.07. The zero-order valence-corrected chi connectivity index (χ0v) is 11.8. The van der Waals surface area contributed by atoms with Crippen LogP contribution in [0.1, 0.15) is 5.56 Å².